The van der Waals surface area contributed by atoms with Gasteiger partial charge in [-0.15, -0.1) is 0 Å². The quantitative estimate of drug-likeness (QED) is 0.195. The van der Waals surface area contributed by atoms with Crippen LogP contribution in [0.2, 0.25) is 0 Å². The van der Waals surface area contributed by atoms with E-state index in [-0.39, 0.29) is 16.5 Å². The largest absolute Gasteiger partial charge is 0.497 e. The van der Waals surface area contributed by atoms with E-state index in [1.807, 2.05) is 38.1 Å². The molecule has 0 spiro atoms. The van der Waals surface area contributed by atoms with Crippen molar-refractivity contribution in [3.8, 4) is 17.2 Å². The summed E-state index contributed by atoms with van der Waals surface area (Å²) in [5.41, 5.74) is 4.06. The first kappa shape index (κ1) is 30.2. The molecule has 2 N–H and O–H groups in total. The highest BCUT2D eigenvalue weighted by Crippen LogP contribution is 2.39. The molecule has 0 atom stereocenters. The van der Waals surface area contributed by atoms with E-state index >= 15 is 0 Å². The number of hydrogen-bond donors (Lipinski definition) is 2. The Labute approximate surface area is 259 Å². The molecule has 0 aliphatic carbocycles. The third-order valence-electron chi connectivity index (χ3n) is 6.93. The summed E-state index contributed by atoms with van der Waals surface area (Å²) in [6.07, 6.45) is 0. The van der Waals surface area contributed by atoms with Gasteiger partial charge in [-0.1, -0.05) is 35.5 Å². The lowest BCUT2D eigenvalue weighted by Crippen LogP contribution is -2.32. The maximum absolute atomic E-state index is 13.8. The number of thioether (sulfide) groups is 1. The van der Waals surface area contributed by atoms with E-state index in [9.17, 15) is 14.4 Å². The third kappa shape index (κ3) is 6.25. The zero-order valence-corrected chi connectivity index (χ0v) is 25.7. The summed E-state index contributed by atoms with van der Waals surface area (Å²) in [6, 6.07) is 24.7. The van der Waals surface area contributed by atoms with Crippen LogP contribution >= 0.6 is 11.8 Å². The third-order valence-corrected chi connectivity index (χ3v) is 8.02. The first-order valence-corrected chi connectivity index (χ1v) is 14.5. The number of amides is 3. The van der Waals surface area contributed by atoms with Crippen LogP contribution in [0.15, 0.2) is 100 Å². The average Bonchev–Trinajstić information content (AvgIpc) is 3.25. The topological polar surface area (TPSA) is 106 Å². The number of benzene rings is 4. The van der Waals surface area contributed by atoms with Gasteiger partial charge < -0.3 is 24.8 Å². The van der Waals surface area contributed by atoms with Crippen LogP contribution in [-0.2, 0) is 9.59 Å². The molecule has 9 nitrogen and oxygen atoms in total. The Morgan fingerprint density at radius 3 is 2.07 bits per heavy atom. The Balaban J connectivity index is 1.42. The molecule has 1 heterocycles. The number of anilines is 3. The summed E-state index contributed by atoms with van der Waals surface area (Å²) in [5.74, 6) is 0.231. The molecule has 5 rings (SSSR count). The second kappa shape index (κ2) is 13.0. The maximum atomic E-state index is 13.8. The van der Waals surface area contributed by atoms with Crippen molar-refractivity contribution in [2.24, 2.45) is 0 Å². The number of aryl methyl sites for hydroxylation is 2. The van der Waals surface area contributed by atoms with E-state index in [2.05, 4.69) is 10.6 Å². The van der Waals surface area contributed by atoms with Crippen LogP contribution in [0.25, 0.3) is 0 Å². The first-order chi connectivity index (χ1) is 21.2. The standard InChI is InChI=1S/C34H31N3O6S/c1-20-6-11-23(12-7-20)37-33(39)30(36-27-18-21(2)8-17-28(27)42-4)31(34(37)40)44-25-14-9-22(10-15-25)35-32(38)26-16-13-24(41-3)19-29(26)43-5/h6-19,36H,1-5H3,(H,35,38). The van der Waals surface area contributed by atoms with Crippen molar-refractivity contribution in [2.45, 2.75) is 18.7 Å². The van der Waals surface area contributed by atoms with Crippen molar-refractivity contribution in [3.63, 3.8) is 0 Å². The Morgan fingerprint density at radius 1 is 0.727 bits per heavy atom. The van der Waals surface area contributed by atoms with E-state index in [1.165, 1.54) is 19.1 Å². The second-order valence-corrected chi connectivity index (χ2v) is 11.0. The normalized spacial score (nSPS) is 12.8. The molecule has 44 heavy (non-hydrogen) atoms. The highest BCUT2D eigenvalue weighted by molar-refractivity contribution is 8.04. The molecule has 0 fully saturated rings. The van der Waals surface area contributed by atoms with Crippen LogP contribution in [-0.4, -0.2) is 39.1 Å². The molecule has 1 aliphatic rings. The van der Waals surface area contributed by atoms with E-state index in [1.54, 1.807) is 67.8 Å². The molecule has 0 bridgehead atoms. The number of methoxy groups -OCH3 is 3. The number of hydrogen-bond acceptors (Lipinski definition) is 8. The number of nitrogens with one attached hydrogen (secondary N) is 2. The van der Waals surface area contributed by atoms with Crippen molar-refractivity contribution in [1.29, 1.82) is 0 Å². The number of ether oxygens (including phenoxy) is 3. The highest BCUT2D eigenvalue weighted by atomic mass is 32.2. The summed E-state index contributed by atoms with van der Waals surface area (Å²) < 4.78 is 16.1. The monoisotopic (exact) mass is 609 g/mol. The minimum absolute atomic E-state index is 0.147. The lowest BCUT2D eigenvalue weighted by Gasteiger charge is -2.16. The van der Waals surface area contributed by atoms with Gasteiger partial charge in [0.2, 0.25) is 0 Å². The van der Waals surface area contributed by atoms with Crippen molar-refractivity contribution in [3.05, 3.63) is 112 Å². The highest BCUT2D eigenvalue weighted by Gasteiger charge is 2.40. The average molecular weight is 610 g/mol. The molecule has 0 saturated heterocycles. The summed E-state index contributed by atoms with van der Waals surface area (Å²) in [5, 5.41) is 6.04. The molecular weight excluding hydrogens is 578 g/mol. The molecule has 10 heteroatoms. The predicted molar refractivity (Wildman–Crippen MR) is 172 cm³/mol. The summed E-state index contributed by atoms with van der Waals surface area (Å²) in [6.45, 7) is 3.87. The van der Waals surface area contributed by atoms with Crippen LogP contribution in [0.3, 0.4) is 0 Å². The Morgan fingerprint density at radius 2 is 1.41 bits per heavy atom. The molecule has 0 radical (unpaired) electrons. The first-order valence-electron chi connectivity index (χ1n) is 13.6. The Kier molecular flexibility index (Phi) is 8.91. The minimum Gasteiger partial charge on any atom is -0.497 e. The smallest absolute Gasteiger partial charge is 0.283 e. The van der Waals surface area contributed by atoms with Crippen molar-refractivity contribution < 1.29 is 28.6 Å². The fourth-order valence-corrected chi connectivity index (χ4v) is 5.53. The molecular formula is C34H31N3O6S. The van der Waals surface area contributed by atoms with Crippen molar-refractivity contribution in [2.75, 3.05) is 36.9 Å². The lowest BCUT2D eigenvalue weighted by molar-refractivity contribution is -0.120. The van der Waals surface area contributed by atoms with Gasteiger partial charge in [-0.2, -0.15) is 0 Å². The van der Waals surface area contributed by atoms with Gasteiger partial charge in [0.25, 0.3) is 17.7 Å². The van der Waals surface area contributed by atoms with Gasteiger partial charge in [-0.3, -0.25) is 14.4 Å². The number of carbonyl (C=O) groups is 3. The van der Waals surface area contributed by atoms with Gasteiger partial charge in [0.1, 0.15) is 27.9 Å². The van der Waals surface area contributed by atoms with Gasteiger partial charge >= 0.3 is 0 Å². The van der Waals surface area contributed by atoms with Gasteiger partial charge in [-0.05, 0) is 80.1 Å². The van der Waals surface area contributed by atoms with E-state index in [0.29, 0.717) is 44.8 Å². The SMILES string of the molecule is COc1ccc(C(=O)Nc2ccc(SC3=C(Nc4cc(C)ccc4OC)C(=O)N(c4ccc(C)cc4)C3=O)cc2)c(OC)c1. The van der Waals surface area contributed by atoms with E-state index in [4.69, 9.17) is 14.2 Å². The number of imide groups is 1. The number of nitrogens with zero attached hydrogens (tertiary/aromatic N) is 1. The van der Waals surface area contributed by atoms with Gasteiger partial charge in [0.05, 0.1) is 38.3 Å². The predicted octanol–water partition coefficient (Wildman–Crippen LogP) is 6.57. The van der Waals surface area contributed by atoms with Crippen LogP contribution in [0.4, 0.5) is 17.1 Å². The zero-order valence-electron chi connectivity index (χ0n) is 24.9. The Hall–Kier alpha value is -5.22. The Bertz CT molecular complexity index is 1770. The van der Waals surface area contributed by atoms with Gasteiger partial charge in [-0.25, -0.2) is 4.90 Å². The van der Waals surface area contributed by atoms with Crippen LogP contribution in [0.1, 0.15) is 21.5 Å². The molecule has 0 saturated carbocycles. The minimum atomic E-state index is -0.470. The summed E-state index contributed by atoms with van der Waals surface area (Å²) in [4.78, 5) is 42.6. The van der Waals surface area contributed by atoms with Crippen molar-refractivity contribution >= 4 is 46.5 Å². The molecule has 4 aromatic carbocycles. The van der Waals surface area contributed by atoms with E-state index < -0.39 is 11.8 Å². The fraction of sp³-hybridized carbons (Fsp3) is 0.147. The molecule has 224 valence electrons. The molecule has 0 aromatic heterocycles. The van der Waals surface area contributed by atoms with E-state index in [0.717, 1.165) is 22.9 Å². The number of rotatable bonds is 10. The number of carbonyl (C=O) groups excluding carboxylic acids is 3. The van der Waals surface area contributed by atoms with Crippen LogP contribution in [0.5, 0.6) is 17.2 Å². The van der Waals surface area contributed by atoms with Gasteiger partial charge in [0.15, 0.2) is 0 Å². The van der Waals surface area contributed by atoms with Crippen LogP contribution < -0.4 is 29.7 Å². The summed E-state index contributed by atoms with van der Waals surface area (Å²) >= 11 is 1.16. The summed E-state index contributed by atoms with van der Waals surface area (Å²) in [7, 11) is 4.57. The lowest BCUT2D eigenvalue weighted by atomic mass is 10.1. The molecule has 0 unspecified atom stereocenters. The maximum Gasteiger partial charge on any atom is 0.283 e. The molecule has 3 amide bonds. The van der Waals surface area contributed by atoms with Gasteiger partial charge in [0, 0.05) is 16.6 Å². The zero-order chi connectivity index (χ0) is 31.4. The van der Waals surface area contributed by atoms with Crippen molar-refractivity contribution in [1.82, 2.24) is 0 Å². The van der Waals surface area contributed by atoms with Crippen LogP contribution in [0, 0.1) is 13.8 Å². The molecule has 4 aromatic rings. The second-order valence-electron chi connectivity index (χ2n) is 9.96. The fourth-order valence-electron chi connectivity index (χ4n) is 4.61. The molecule has 1 aliphatic heterocycles.